The standard InChI is InChI=1S/C20H26N4O3.HI/c1-22-20(23-14-15-7-9-16(10-8-15)19(21)25)24-17-5-3-6-18(13-17)27-12-4-11-26-2;/h3,5-10,13H,4,11-12,14H2,1-2H3,(H2,21,25)(H2,22,23,24);1H. The first kappa shape index (κ1) is 23.7. The Morgan fingerprint density at radius 3 is 2.54 bits per heavy atom. The van der Waals surface area contributed by atoms with Gasteiger partial charge in [-0.3, -0.25) is 9.79 Å². The average molecular weight is 498 g/mol. The predicted octanol–water partition coefficient (Wildman–Crippen LogP) is 3.01. The predicted molar refractivity (Wildman–Crippen MR) is 123 cm³/mol. The summed E-state index contributed by atoms with van der Waals surface area (Å²) in [6.07, 6.45) is 0.839. The van der Waals surface area contributed by atoms with Crippen molar-refractivity contribution in [2.45, 2.75) is 13.0 Å². The van der Waals surface area contributed by atoms with Crippen LogP contribution in [-0.2, 0) is 11.3 Å². The summed E-state index contributed by atoms with van der Waals surface area (Å²) < 4.78 is 10.7. The number of anilines is 1. The van der Waals surface area contributed by atoms with E-state index in [1.807, 2.05) is 36.4 Å². The van der Waals surface area contributed by atoms with Gasteiger partial charge >= 0.3 is 0 Å². The largest absolute Gasteiger partial charge is 0.493 e. The highest BCUT2D eigenvalue weighted by atomic mass is 127. The molecule has 0 aromatic heterocycles. The fourth-order valence-electron chi connectivity index (χ4n) is 2.35. The molecule has 0 aliphatic carbocycles. The molecular weight excluding hydrogens is 471 g/mol. The Kier molecular flexibility index (Phi) is 11.0. The second kappa shape index (κ2) is 12.9. The van der Waals surface area contributed by atoms with E-state index < -0.39 is 5.91 Å². The summed E-state index contributed by atoms with van der Waals surface area (Å²) in [5, 5.41) is 6.46. The van der Waals surface area contributed by atoms with Crippen molar-refractivity contribution < 1.29 is 14.3 Å². The Hall–Kier alpha value is -2.33. The lowest BCUT2D eigenvalue weighted by Gasteiger charge is -2.13. The van der Waals surface area contributed by atoms with Crippen LogP contribution < -0.4 is 21.1 Å². The normalized spacial score (nSPS) is 10.7. The summed E-state index contributed by atoms with van der Waals surface area (Å²) in [7, 11) is 3.38. The van der Waals surface area contributed by atoms with Gasteiger partial charge in [0.05, 0.1) is 6.61 Å². The van der Waals surface area contributed by atoms with E-state index in [1.54, 1.807) is 26.3 Å². The van der Waals surface area contributed by atoms with Gasteiger partial charge in [-0.05, 0) is 29.8 Å². The van der Waals surface area contributed by atoms with Gasteiger partial charge in [-0.15, -0.1) is 24.0 Å². The molecule has 152 valence electrons. The maximum Gasteiger partial charge on any atom is 0.248 e. The summed E-state index contributed by atoms with van der Waals surface area (Å²) in [5.74, 6) is 0.982. The second-order valence-electron chi connectivity index (χ2n) is 5.83. The zero-order chi connectivity index (χ0) is 19.5. The molecule has 4 N–H and O–H groups in total. The molecule has 8 heteroatoms. The van der Waals surface area contributed by atoms with Crippen molar-refractivity contribution in [3.8, 4) is 5.75 Å². The summed E-state index contributed by atoms with van der Waals surface area (Å²) in [6.45, 7) is 1.84. The zero-order valence-corrected chi connectivity index (χ0v) is 18.4. The van der Waals surface area contributed by atoms with E-state index in [2.05, 4.69) is 15.6 Å². The number of hydrogen-bond acceptors (Lipinski definition) is 4. The third-order valence-corrected chi connectivity index (χ3v) is 3.78. The Bertz CT molecular complexity index is 766. The summed E-state index contributed by atoms with van der Waals surface area (Å²) >= 11 is 0. The van der Waals surface area contributed by atoms with Gasteiger partial charge in [0.15, 0.2) is 5.96 Å². The van der Waals surface area contributed by atoms with Gasteiger partial charge in [0.2, 0.25) is 5.91 Å². The van der Waals surface area contributed by atoms with Gasteiger partial charge in [0.25, 0.3) is 0 Å². The topological polar surface area (TPSA) is 98.0 Å². The Balaban J connectivity index is 0.00000392. The Labute approximate surface area is 182 Å². The van der Waals surface area contributed by atoms with E-state index in [0.717, 1.165) is 23.4 Å². The number of primary amides is 1. The molecule has 0 radical (unpaired) electrons. The maximum atomic E-state index is 11.1. The van der Waals surface area contributed by atoms with Crippen molar-refractivity contribution in [1.82, 2.24) is 5.32 Å². The molecule has 0 atom stereocenters. The first-order valence-electron chi connectivity index (χ1n) is 8.70. The number of benzene rings is 2. The second-order valence-corrected chi connectivity index (χ2v) is 5.83. The quantitative estimate of drug-likeness (QED) is 0.214. The molecule has 0 unspecified atom stereocenters. The number of nitrogens with one attached hydrogen (secondary N) is 2. The minimum atomic E-state index is -0.434. The van der Waals surface area contributed by atoms with E-state index >= 15 is 0 Å². The minimum Gasteiger partial charge on any atom is -0.493 e. The minimum absolute atomic E-state index is 0. The van der Waals surface area contributed by atoms with Crippen molar-refractivity contribution >= 4 is 41.5 Å². The van der Waals surface area contributed by atoms with E-state index in [-0.39, 0.29) is 24.0 Å². The number of hydrogen-bond donors (Lipinski definition) is 3. The van der Waals surface area contributed by atoms with Crippen LogP contribution in [0.1, 0.15) is 22.3 Å². The SMILES string of the molecule is CN=C(NCc1ccc(C(N)=O)cc1)Nc1cccc(OCCCOC)c1.I. The van der Waals surface area contributed by atoms with Gasteiger partial charge in [-0.1, -0.05) is 18.2 Å². The lowest BCUT2D eigenvalue weighted by molar-refractivity contribution is 0.100. The highest BCUT2D eigenvalue weighted by molar-refractivity contribution is 14.0. The fraction of sp³-hybridized carbons (Fsp3) is 0.300. The monoisotopic (exact) mass is 498 g/mol. The lowest BCUT2D eigenvalue weighted by atomic mass is 10.1. The molecule has 7 nitrogen and oxygen atoms in total. The lowest BCUT2D eigenvalue weighted by Crippen LogP contribution is -2.30. The zero-order valence-electron chi connectivity index (χ0n) is 16.1. The Morgan fingerprint density at radius 1 is 1.14 bits per heavy atom. The first-order chi connectivity index (χ1) is 13.1. The molecule has 28 heavy (non-hydrogen) atoms. The van der Waals surface area contributed by atoms with Gasteiger partial charge in [-0.2, -0.15) is 0 Å². The van der Waals surface area contributed by atoms with Crippen molar-refractivity contribution in [2.75, 3.05) is 32.7 Å². The summed E-state index contributed by atoms with van der Waals surface area (Å²) in [5.41, 5.74) is 7.62. The molecule has 0 bridgehead atoms. The average Bonchev–Trinajstić information content (AvgIpc) is 2.69. The first-order valence-corrected chi connectivity index (χ1v) is 8.70. The van der Waals surface area contributed by atoms with Crippen LogP contribution in [0.4, 0.5) is 5.69 Å². The van der Waals surface area contributed by atoms with Crippen LogP contribution in [0.15, 0.2) is 53.5 Å². The molecule has 0 heterocycles. The summed E-state index contributed by atoms with van der Waals surface area (Å²) in [4.78, 5) is 15.3. The summed E-state index contributed by atoms with van der Waals surface area (Å²) in [6, 6.07) is 14.8. The van der Waals surface area contributed by atoms with Crippen LogP contribution in [0.2, 0.25) is 0 Å². The number of amides is 1. The Morgan fingerprint density at radius 2 is 1.89 bits per heavy atom. The molecule has 0 aliphatic heterocycles. The molecule has 0 aliphatic rings. The number of carbonyl (C=O) groups excluding carboxylic acids is 1. The highest BCUT2D eigenvalue weighted by Crippen LogP contribution is 2.17. The number of guanidine groups is 1. The van der Waals surface area contributed by atoms with Gasteiger partial charge in [0, 0.05) is 51.0 Å². The molecule has 2 aromatic carbocycles. The molecule has 0 fully saturated rings. The molecule has 0 saturated heterocycles. The van der Waals surface area contributed by atoms with E-state index in [0.29, 0.717) is 31.3 Å². The molecule has 0 spiro atoms. The molecule has 0 saturated carbocycles. The van der Waals surface area contributed by atoms with E-state index in [1.165, 1.54) is 0 Å². The van der Waals surface area contributed by atoms with Crippen molar-refractivity contribution in [1.29, 1.82) is 0 Å². The number of nitrogens with two attached hydrogens (primary N) is 1. The van der Waals surface area contributed by atoms with E-state index in [9.17, 15) is 4.79 Å². The van der Waals surface area contributed by atoms with Crippen molar-refractivity contribution in [3.63, 3.8) is 0 Å². The van der Waals surface area contributed by atoms with Crippen LogP contribution in [0.5, 0.6) is 5.75 Å². The number of carbonyl (C=O) groups is 1. The molecule has 1 amide bonds. The maximum absolute atomic E-state index is 11.1. The number of nitrogens with zero attached hydrogens (tertiary/aromatic N) is 1. The van der Waals surface area contributed by atoms with Gasteiger partial charge < -0.3 is 25.8 Å². The molecular formula is C20H27IN4O3. The van der Waals surface area contributed by atoms with E-state index in [4.69, 9.17) is 15.2 Å². The number of aliphatic imine (C=N–C) groups is 1. The van der Waals surface area contributed by atoms with Gasteiger partial charge in [-0.25, -0.2) is 0 Å². The smallest absolute Gasteiger partial charge is 0.248 e. The van der Waals surface area contributed by atoms with Crippen LogP contribution in [0, 0.1) is 0 Å². The number of ether oxygens (including phenoxy) is 2. The number of methoxy groups -OCH3 is 1. The fourth-order valence-corrected chi connectivity index (χ4v) is 2.35. The van der Waals surface area contributed by atoms with Crippen molar-refractivity contribution in [3.05, 3.63) is 59.7 Å². The van der Waals surface area contributed by atoms with Gasteiger partial charge in [0.1, 0.15) is 5.75 Å². The third-order valence-electron chi connectivity index (χ3n) is 3.78. The molecule has 2 rings (SSSR count). The van der Waals surface area contributed by atoms with Crippen LogP contribution >= 0.6 is 24.0 Å². The van der Waals surface area contributed by atoms with Crippen LogP contribution in [0.25, 0.3) is 0 Å². The molecule has 2 aromatic rings. The third kappa shape index (κ3) is 8.13. The highest BCUT2D eigenvalue weighted by Gasteiger charge is 2.03. The number of halogens is 1. The van der Waals surface area contributed by atoms with Crippen LogP contribution in [-0.4, -0.2) is 39.2 Å². The number of rotatable bonds is 9. The van der Waals surface area contributed by atoms with Crippen LogP contribution in [0.3, 0.4) is 0 Å². The van der Waals surface area contributed by atoms with Crippen molar-refractivity contribution in [2.24, 2.45) is 10.7 Å².